The molecule has 0 atom stereocenters. The normalized spacial score (nSPS) is 10.8. The minimum absolute atomic E-state index is 0.291. The Labute approximate surface area is 112 Å². The molecule has 2 rings (SSSR count). The van der Waals surface area contributed by atoms with E-state index in [4.69, 9.17) is 4.74 Å². The van der Waals surface area contributed by atoms with Crippen LogP contribution in [0.15, 0.2) is 54.9 Å². The quantitative estimate of drug-likeness (QED) is 0.610. The third-order valence-electron chi connectivity index (χ3n) is 2.60. The van der Waals surface area contributed by atoms with Gasteiger partial charge in [-0.25, -0.2) is 4.79 Å². The molecule has 0 radical (unpaired) electrons. The SMILES string of the molecule is C/C=C/COC(=O)c1cnn(Cc2ccccc2)c1. The minimum atomic E-state index is -0.350. The first-order valence-corrected chi connectivity index (χ1v) is 6.14. The molecule has 0 fully saturated rings. The fourth-order valence-corrected chi connectivity index (χ4v) is 1.63. The molecule has 4 heteroatoms. The van der Waals surface area contributed by atoms with Crippen LogP contribution in [0.4, 0.5) is 0 Å². The highest BCUT2D eigenvalue weighted by Gasteiger charge is 2.09. The van der Waals surface area contributed by atoms with E-state index in [0.717, 1.165) is 5.56 Å². The van der Waals surface area contributed by atoms with E-state index in [0.29, 0.717) is 18.7 Å². The van der Waals surface area contributed by atoms with Crippen molar-refractivity contribution < 1.29 is 9.53 Å². The van der Waals surface area contributed by atoms with Crippen molar-refractivity contribution >= 4 is 5.97 Å². The summed E-state index contributed by atoms with van der Waals surface area (Å²) in [5, 5.41) is 4.16. The number of nitrogens with zero attached hydrogens (tertiary/aromatic N) is 2. The van der Waals surface area contributed by atoms with Crippen molar-refractivity contribution in [2.45, 2.75) is 13.5 Å². The number of ether oxygens (including phenoxy) is 1. The molecule has 0 spiro atoms. The molecule has 2 aromatic rings. The molecule has 1 aromatic heterocycles. The lowest BCUT2D eigenvalue weighted by molar-refractivity contribution is 0.0549. The number of esters is 1. The van der Waals surface area contributed by atoms with Crippen LogP contribution in [0.5, 0.6) is 0 Å². The molecular formula is C15H16N2O2. The van der Waals surface area contributed by atoms with Gasteiger partial charge in [-0.15, -0.1) is 0 Å². The number of benzene rings is 1. The van der Waals surface area contributed by atoms with Gasteiger partial charge in [0.2, 0.25) is 0 Å². The molecule has 0 saturated carbocycles. The summed E-state index contributed by atoms with van der Waals surface area (Å²) in [5.74, 6) is -0.350. The monoisotopic (exact) mass is 256 g/mol. The molecule has 0 amide bonds. The van der Waals surface area contributed by atoms with Gasteiger partial charge in [-0.05, 0) is 12.5 Å². The third kappa shape index (κ3) is 3.81. The number of hydrogen-bond acceptors (Lipinski definition) is 3. The first-order valence-electron chi connectivity index (χ1n) is 6.14. The van der Waals surface area contributed by atoms with Crippen molar-refractivity contribution in [1.82, 2.24) is 9.78 Å². The first kappa shape index (κ1) is 13.1. The summed E-state index contributed by atoms with van der Waals surface area (Å²) in [6.45, 7) is 2.81. The lowest BCUT2D eigenvalue weighted by Crippen LogP contribution is -2.04. The Kier molecular flexibility index (Phi) is 4.50. The van der Waals surface area contributed by atoms with E-state index in [1.165, 1.54) is 6.20 Å². The van der Waals surface area contributed by atoms with Crippen LogP contribution in [0, 0.1) is 0 Å². The predicted molar refractivity (Wildman–Crippen MR) is 72.9 cm³/mol. The fraction of sp³-hybridized carbons (Fsp3) is 0.200. The Morgan fingerprint density at radius 3 is 2.89 bits per heavy atom. The Hall–Kier alpha value is -2.36. The van der Waals surface area contributed by atoms with E-state index in [-0.39, 0.29) is 5.97 Å². The van der Waals surface area contributed by atoms with Crippen molar-refractivity contribution in [3.05, 3.63) is 66.0 Å². The summed E-state index contributed by atoms with van der Waals surface area (Å²) < 4.78 is 6.78. The van der Waals surface area contributed by atoms with Gasteiger partial charge >= 0.3 is 5.97 Å². The van der Waals surface area contributed by atoms with Crippen LogP contribution in [0.3, 0.4) is 0 Å². The van der Waals surface area contributed by atoms with E-state index in [2.05, 4.69) is 5.10 Å². The predicted octanol–water partition coefficient (Wildman–Crippen LogP) is 2.66. The zero-order valence-electron chi connectivity index (χ0n) is 10.8. The van der Waals surface area contributed by atoms with Crippen LogP contribution in [-0.2, 0) is 11.3 Å². The lowest BCUT2D eigenvalue weighted by Gasteiger charge is -2.01. The smallest absolute Gasteiger partial charge is 0.341 e. The third-order valence-corrected chi connectivity index (χ3v) is 2.60. The highest BCUT2D eigenvalue weighted by atomic mass is 16.5. The summed E-state index contributed by atoms with van der Waals surface area (Å²) in [4.78, 5) is 11.7. The molecule has 0 N–H and O–H groups in total. The second-order valence-corrected chi connectivity index (χ2v) is 4.08. The Morgan fingerprint density at radius 1 is 1.37 bits per heavy atom. The van der Waals surface area contributed by atoms with Crippen LogP contribution in [0.2, 0.25) is 0 Å². The maximum Gasteiger partial charge on any atom is 0.341 e. The molecule has 19 heavy (non-hydrogen) atoms. The van der Waals surface area contributed by atoms with E-state index in [1.54, 1.807) is 17.0 Å². The number of rotatable bonds is 5. The van der Waals surface area contributed by atoms with Crippen LogP contribution in [-0.4, -0.2) is 22.4 Å². The van der Waals surface area contributed by atoms with Crippen LogP contribution in [0.25, 0.3) is 0 Å². The number of carbonyl (C=O) groups is 1. The lowest BCUT2D eigenvalue weighted by atomic mass is 10.2. The van der Waals surface area contributed by atoms with Gasteiger partial charge in [-0.1, -0.05) is 42.5 Å². The second kappa shape index (κ2) is 6.54. The van der Waals surface area contributed by atoms with Gasteiger partial charge in [-0.2, -0.15) is 5.10 Å². The summed E-state index contributed by atoms with van der Waals surface area (Å²) in [5.41, 5.74) is 1.61. The number of carbonyl (C=O) groups excluding carboxylic acids is 1. The average molecular weight is 256 g/mol. The van der Waals surface area contributed by atoms with Gasteiger partial charge in [0.1, 0.15) is 6.61 Å². The average Bonchev–Trinajstić information content (AvgIpc) is 2.89. The van der Waals surface area contributed by atoms with Gasteiger partial charge in [0.05, 0.1) is 18.3 Å². The summed E-state index contributed by atoms with van der Waals surface area (Å²) >= 11 is 0. The second-order valence-electron chi connectivity index (χ2n) is 4.08. The maximum absolute atomic E-state index is 11.7. The van der Waals surface area contributed by atoms with Crippen LogP contribution >= 0.6 is 0 Å². The van der Waals surface area contributed by atoms with Gasteiger partial charge in [-0.3, -0.25) is 4.68 Å². The molecule has 1 heterocycles. The Morgan fingerprint density at radius 2 is 2.16 bits per heavy atom. The molecule has 1 aromatic carbocycles. The van der Waals surface area contributed by atoms with Gasteiger partial charge in [0, 0.05) is 6.20 Å². The van der Waals surface area contributed by atoms with E-state index >= 15 is 0 Å². The van der Waals surface area contributed by atoms with E-state index < -0.39 is 0 Å². The summed E-state index contributed by atoms with van der Waals surface area (Å²) in [7, 11) is 0. The maximum atomic E-state index is 11.7. The van der Waals surface area contributed by atoms with Gasteiger partial charge in [0.15, 0.2) is 0 Å². The Balaban J connectivity index is 1.97. The highest BCUT2D eigenvalue weighted by molar-refractivity contribution is 5.88. The fourth-order valence-electron chi connectivity index (χ4n) is 1.63. The molecule has 0 aliphatic rings. The minimum Gasteiger partial charge on any atom is -0.458 e. The van der Waals surface area contributed by atoms with Crippen LogP contribution < -0.4 is 0 Å². The van der Waals surface area contributed by atoms with E-state index in [9.17, 15) is 4.79 Å². The number of aromatic nitrogens is 2. The molecule has 0 bridgehead atoms. The van der Waals surface area contributed by atoms with Crippen molar-refractivity contribution in [3.8, 4) is 0 Å². The van der Waals surface area contributed by atoms with Crippen molar-refractivity contribution in [3.63, 3.8) is 0 Å². The number of allylic oxidation sites excluding steroid dienone is 1. The highest BCUT2D eigenvalue weighted by Crippen LogP contribution is 2.05. The van der Waals surface area contributed by atoms with Gasteiger partial charge in [0.25, 0.3) is 0 Å². The molecule has 4 nitrogen and oxygen atoms in total. The van der Waals surface area contributed by atoms with Crippen molar-refractivity contribution in [2.24, 2.45) is 0 Å². The molecular weight excluding hydrogens is 240 g/mol. The number of hydrogen-bond donors (Lipinski definition) is 0. The summed E-state index contributed by atoms with van der Waals surface area (Å²) in [6, 6.07) is 9.96. The topological polar surface area (TPSA) is 44.1 Å². The standard InChI is InChI=1S/C15H16N2O2/c1-2-3-9-19-15(18)14-10-16-17(12-14)11-13-7-5-4-6-8-13/h2-8,10,12H,9,11H2,1H3/b3-2+. The largest absolute Gasteiger partial charge is 0.458 e. The van der Waals surface area contributed by atoms with Crippen molar-refractivity contribution in [1.29, 1.82) is 0 Å². The van der Waals surface area contributed by atoms with Crippen molar-refractivity contribution in [2.75, 3.05) is 6.61 Å². The molecule has 0 unspecified atom stereocenters. The molecule has 98 valence electrons. The zero-order valence-corrected chi connectivity index (χ0v) is 10.8. The molecule has 0 saturated heterocycles. The Bertz CT molecular complexity index is 559. The summed E-state index contributed by atoms with van der Waals surface area (Å²) in [6.07, 6.45) is 6.85. The van der Waals surface area contributed by atoms with Gasteiger partial charge < -0.3 is 4.74 Å². The molecule has 0 aliphatic heterocycles. The van der Waals surface area contributed by atoms with Crippen LogP contribution in [0.1, 0.15) is 22.8 Å². The zero-order chi connectivity index (χ0) is 13.5. The first-order chi connectivity index (χ1) is 9.29. The molecule has 0 aliphatic carbocycles. The van der Waals surface area contributed by atoms with E-state index in [1.807, 2.05) is 43.3 Å².